The van der Waals surface area contributed by atoms with E-state index in [4.69, 9.17) is 5.73 Å². The van der Waals surface area contributed by atoms with E-state index in [-0.39, 0.29) is 36.8 Å². The predicted octanol–water partition coefficient (Wildman–Crippen LogP) is 3.02. The largest absolute Gasteiger partial charge is 0.345 e. The Morgan fingerprint density at radius 2 is 1.74 bits per heavy atom. The van der Waals surface area contributed by atoms with Crippen molar-refractivity contribution in [3.63, 3.8) is 0 Å². The molecule has 126 valence electrons. The number of halogens is 2. The Bertz CT molecular complexity index is 567. The highest BCUT2D eigenvalue weighted by atomic mass is 35.5. The van der Waals surface area contributed by atoms with Gasteiger partial charge in [-0.05, 0) is 29.7 Å². The fourth-order valence-electron chi connectivity index (χ4n) is 2.13. The molecule has 2 N–H and O–H groups in total. The molecule has 1 atom stereocenters. The van der Waals surface area contributed by atoms with E-state index < -0.39 is 0 Å². The summed E-state index contributed by atoms with van der Waals surface area (Å²) in [6.45, 7) is 0.685. The summed E-state index contributed by atoms with van der Waals surface area (Å²) in [5, 5.41) is 0. The third-order valence-electron chi connectivity index (χ3n) is 3.53. The van der Waals surface area contributed by atoms with Gasteiger partial charge in [-0.3, -0.25) is 9.78 Å². The fraction of sp³-hybridized carbons (Fsp3) is 0.294. The summed E-state index contributed by atoms with van der Waals surface area (Å²) in [5.74, 6) is 0.0698. The summed E-state index contributed by atoms with van der Waals surface area (Å²) >= 11 is 0. The summed E-state index contributed by atoms with van der Waals surface area (Å²) in [7, 11) is 1.82. The number of nitrogens with zero attached hydrogens (tertiary/aromatic N) is 2. The molecule has 0 saturated heterocycles. The molecule has 0 saturated carbocycles. The maximum absolute atomic E-state index is 12.2. The number of hydrogen-bond acceptors (Lipinski definition) is 3. The lowest BCUT2D eigenvalue weighted by molar-refractivity contribution is -0.130. The molecule has 0 fully saturated rings. The highest BCUT2D eigenvalue weighted by molar-refractivity contribution is 5.85. The van der Waals surface area contributed by atoms with Crippen molar-refractivity contribution in [2.45, 2.75) is 18.9 Å². The van der Waals surface area contributed by atoms with Crippen molar-refractivity contribution in [1.82, 2.24) is 9.88 Å². The molecule has 1 aromatic heterocycles. The number of nitrogens with two attached hydrogens (primary N) is 1. The summed E-state index contributed by atoms with van der Waals surface area (Å²) in [6, 6.07) is 13.4. The number of likely N-dealkylation sites (N-methyl/N-ethyl adjacent to an activating group) is 1. The van der Waals surface area contributed by atoms with Gasteiger partial charge in [-0.1, -0.05) is 30.3 Å². The van der Waals surface area contributed by atoms with Crippen LogP contribution in [0.2, 0.25) is 0 Å². The van der Waals surface area contributed by atoms with Crippen LogP contribution in [0.1, 0.15) is 23.6 Å². The molecular formula is C17H23Cl2N3O. The van der Waals surface area contributed by atoms with Crippen molar-refractivity contribution in [2.75, 3.05) is 13.6 Å². The summed E-state index contributed by atoms with van der Waals surface area (Å²) in [4.78, 5) is 17.9. The highest BCUT2D eigenvalue weighted by Gasteiger charge is 2.14. The minimum absolute atomic E-state index is 0. The number of carbonyl (C=O) groups is 1. The van der Waals surface area contributed by atoms with E-state index in [1.165, 1.54) is 5.56 Å². The van der Waals surface area contributed by atoms with Crippen molar-refractivity contribution in [3.8, 4) is 0 Å². The molecule has 0 bridgehead atoms. The minimum atomic E-state index is -0.248. The van der Waals surface area contributed by atoms with Crippen molar-refractivity contribution in [2.24, 2.45) is 5.73 Å². The monoisotopic (exact) mass is 355 g/mol. The SMILES string of the molecule is CN(CCc1ccncc1)C(=O)CC(N)c1ccccc1.Cl.Cl. The Morgan fingerprint density at radius 1 is 1.13 bits per heavy atom. The second kappa shape index (κ2) is 11.0. The van der Waals surface area contributed by atoms with Crippen LogP contribution in [0.3, 0.4) is 0 Å². The molecule has 0 aliphatic heterocycles. The van der Waals surface area contributed by atoms with Crippen LogP contribution in [0, 0.1) is 0 Å². The lowest BCUT2D eigenvalue weighted by Crippen LogP contribution is -2.31. The third kappa shape index (κ3) is 6.99. The lowest BCUT2D eigenvalue weighted by atomic mass is 10.0. The van der Waals surface area contributed by atoms with Gasteiger partial charge in [-0.2, -0.15) is 0 Å². The number of rotatable bonds is 6. The zero-order valence-corrected chi connectivity index (χ0v) is 14.7. The second-order valence-electron chi connectivity index (χ2n) is 5.14. The highest BCUT2D eigenvalue weighted by Crippen LogP contribution is 2.14. The van der Waals surface area contributed by atoms with Crippen LogP contribution >= 0.6 is 24.8 Å². The first-order valence-corrected chi connectivity index (χ1v) is 7.10. The molecule has 0 aliphatic carbocycles. The number of benzene rings is 1. The van der Waals surface area contributed by atoms with E-state index in [0.717, 1.165) is 12.0 Å². The van der Waals surface area contributed by atoms with Gasteiger partial charge in [0.05, 0.1) is 0 Å². The van der Waals surface area contributed by atoms with Crippen LogP contribution in [0.15, 0.2) is 54.9 Å². The van der Waals surface area contributed by atoms with Gasteiger partial charge in [-0.25, -0.2) is 0 Å². The molecule has 23 heavy (non-hydrogen) atoms. The topological polar surface area (TPSA) is 59.2 Å². The molecule has 1 aromatic carbocycles. The van der Waals surface area contributed by atoms with E-state index in [0.29, 0.717) is 13.0 Å². The van der Waals surface area contributed by atoms with Gasteiger partial charge in [0.2, 0.25) is 5.91 Å². The maximum atomic E-state index is 12.2. The smallest absolute Gasteiger partial charge is 0.224 e. The Labute approximate surface area is 149 Å². The van der Waals surface area contributed by atoms with Crippen LogP contribution in [0.4, 0.5) is 0 Å². The Balaban J connectivity index is 0.00000242. The molecule has 0 radical (unpaired) electrons. The first kappa shape index (κ1) is 21.4. The molecular weight excluding hydrogens is 333 g/mol. The van der Waals surface area contributed by atoms with Crippen LogP contribution in [0.25, 0.3) is 0 Å². The van der Waals surface area contributed by atoms with Crippen LogP contribution in [0.5, 0.6) is 0 Å². The van der Waals surface area contributed by atoms with Gasteiger partial charge >= 0.3 is 0 Å². The van der Waals surface area contributed by atoms with Gasteiger partial charge in [0, 0.05) is 38.4 Å². The van der Waals surface area contributed by atoms with E-state index in [1.807, 2.05) is 49.5 Å². The first-order valence-electron chi connectivity index (χ1n) is 7.10. The average Bonchev–Trinajstić information content (AvgIpc) is 2.54. The molecule has 2 aromatic rings. The molecule has 0 aliphatic rings. The van der Waals surface area contributed by atoms with Gasteiger partial charge in [-0.15, -0.1) is 24.8 Å². The number of pyridine rings is 1. The molecule has 1 amide bonds. The molecule has 0 spiro atoms. The Kier molecular flexibility index (Phi) is 10.2. The number of hydrogen-bond donors (Lipinski definition) is 1. The Hall–Kier alpha value is -1.62. The maximum Gasteiger partial charge on any atom is 0.224 e. The van der Waals surface area contributed by atoms with Gasteiger partial charge < -0.3 is 10.6 Å². The van der Waals surface area contributed by atoms with Gasteiger partial charge in [0.15, 0.2) is 0 Å². The zero-order valence-electron chi connectivity index (χ0n) is 13.1. The van der Waals surface area contributed by atoms with E-state index in [9.17, 15) is 4.79 Å². The number of amides is 1. The first-order chi connectivity index (χ1) is 10.2. The van der Waals surface area contributed by atoms with Crippen LogP contribution < -0.4 is 5.73 Å². The molecule has 1 heterocycles. The standard InChI is InChI=1S/C17H21N3O.2ClH/c1-20(12-9-14-7-10-19-11-8-14)17(21)13-16(18)15-5-3-2-4-6-15;;/h2-8,10-11,16H,9,12-13,18H2,1H3;2*1H. The van der Waals surface area contributed by atoms with Crippen molar-refractivity contribution in [3.05, 3.63) is 66.0 Å². The van der Waals surface area contributed by atoms with Gasteiger partial charge in [0.25, 0.3) is 0 Å². The summed E-state index contributed by atoms with van der Waals surface area (Å²) in [5.41, 5.74) is 8.26. The second-order valence-corrected chi connectivity index (χ2v) is 5.14. The zero-order chi connectivity index (χ0) is 15.1. The van der Waals surface area contributed by atoms with Crippen molar-refractivity contribution < 1.29 is 4.79 Å². The van der Waals surface area contributed by atoms with Crippen LogP contribution in [-0.2, 0) is 11.2 Å². The number of carbonyl (C=O) groups excluding carboxylic acids is 1. The number of aromatic nitrogens is 1. The van der Waals surface area contributed by atoms with Crippen molar-refractivity contribution >= 4 is 30.7 Å². The molecule has 2 rings (SSSR count). The van der Waals surface area contributed by atoms with Crippen LogP contribution in [-0.4, -0.2) is 29.4 Å². The fourth-order valence-corrected chi connectivity index (χ4v) is 2.13. The quantitative estimate of drug-likeness (QED) is 0.866. The Morgan fingerprint density at radius 3 is 2.35 bits per heavy atom. The lowest BCUT2D eigenvalue weighted by Gasteiger charge is -2.20. The molecule has 4 nitrogen and oxygen atoms in total. The third-order valence-corrected chi connectivity index (χ3v) is 3.53. The van der Waals surface area contributed by atoms with E-state index >= 15 is 0 Å². The predicted molar refractivity (Wildman–Crippen MR) is 98.1 cm³/mol. The molecule has 6 heteroatoms. The summed E-state index contributed by atoms with van der Waals surface area (Å²) < 4.78 is 0. The minimum Gasteiger partial charge on any atom is -0.345 e. The normalized spacial score (nSPS) is 10.9. The summed E-state index contributed by atoms with van der Waals surface area (Å²) in [6.07, 6.45) is 4.69. The van der Waals surface area contributed by atoms with E-state index in [2.05, 4.69) is 4.98 Å². The van der Waals surface area contributed by atoms with Gasteiger partial charge in [0.1, 0.15) is 0 Å². The molecule has 1 unspecified atom stereocenters. The van der Waals surface area contributed by atoms with E-state index in [1.54, 1.807) is 17.3 Å². The van der Waals surface area contributed by atoms with Crippen molar-refractivity contribution in [1.29, 1.82) is 0 Å². The average molecular weight is 356 g/mol.